The maximum absolute atomic E-state index is 12.4. The molecule has 4 nitrogen and oxygen atoms in total. The Morgan fingerprint density at radius 1 is 1.29 bits per heavy atom. The van der Waals surface area contributed by atoms with Crippen molar-refractivity contribution >= 4 is 35.6 Å². The summed E-state index contributed by atoms with van der Waals surface area (Å²) < 4.78 is 0. The van der Waals surface area contributed by atoms with Gasteiger partial charge in [0.2, 0.25) is 5.91 Å². The Morgan fingerprint density at radius 2 is 1.90 bits per heavy atom. The van der Waals surface area contributed by atoms with Crippen LogP contribution >= 0.6 is 24.0 Å². The lowest BCUT2D eigenvalue weighted by atomic mass is 9.91. The molecule has 2 N–H and O–H groups in total. The molecule has 118 valence electrons. The van der Waals surface area contributed by atoms with Crippen molar-refractivity contribution in [2.45, 2.75) is 13.8 Å². The third kappa shape index (κ3) is 4.25. The number of rotatable bonds is 3. The van der Waals surface area contributed by atoms with Gasteiger partial charge in [-0.25, -0.2) is 0 Å². The van der Waals surface area contributed by atoms with Gasteiger partial charge in [-0.05, 0) is 32.0 Å². The summed E-state index contributed by atoms with van der Waals surface area (Å²) in [4.78, 5) is 16.5. The maximum atomic E-state index is 12.4. The van der Waals surface area contributed by atoms with Gasteiger partial charge >= 0.3 is 0 Å². The van der Waals surface area contributed by atoms with E-state index in [2.05, 4.69) is 4.90 Å². The topological polar surface area (TPSA) is 49.6 Å². The standard InChI is InChI=1S/C15H22ClN3O.ClH/c1-15(2,11-17)14(20)19-8-6-18(7-9-19)13-5-3-4-12(16)10-13;/h3-5,10H,6-9,11,17H2,1-2H3;1H. The molecule has 0 spiro atoms. The fourth-order valence-electron chi connectivity index (χ4n) is 2.36. The van der Waals surface area contributed by atoms with E-state index < -0.39 is 5.41 Å². The van der Waals surface area contributed by atoms with E-state index in [1.54, 1.807) is 0 Å². The van der Waals surface area contributed by atoms with Crippen LogP contribution in [0.2, 0.25) is 5.02 Å². The second-order valence-electron chi connectivity index (χ2n) is 5.85. The van der Waals surface area contributed by atoms with Gasteiger partial charge in [0.25, 0.3) is 0 Å². The van der Waals surface area contributed by atoms with E-state index in [4.69, 9.17) is 17.3 Å². The highest BCUT2D eigenvalue weighted by Crippen LogP contribution is 2.23. The zero-order valence-corrected chi connectivity index (χ0v) is 14.1. The number of amides is 1. The van der Waals surface area contributed by atoms with E-state index in [9.17, 15) is 4.79 Å². The SMILES string of the molecule is CC(C)(CN)C(=O)N1CCN(c2cccc(Cl)c2)CC1.Cl. The van der Waals surface area contributed by atoms with Gasteiger partial charge in [0, 0.05) is 43.4 Å². The molecule has 1 saturated heterocycles. The molecule has 1 aromatic rings. The van der Waals surface area contributed by atoms with E-state index in [1.165, 1.54) is 0 Å². The number of hydrogen-bond donors (Lipinski definition) is 1. The molecule has 1 aromatic carbocycles. The molecule has 0 aliphatic carbocycles. The Hall–Kier alpha value is -0.970. The first-order valence-corrected chi connectivity index (χ1v) is 7.32. The Labute approximate surface area is 137 Å². The summed E-state index contributed by atoms with van der Waals surface area (Å²) in [6.07, 6.45) is 0. The van der Waals surface area contributed by atoms with Gasteiger partial charge in [0.15, 0.2) is 0 Å². The van der Waals surface area contributed by atoms with Gasteiger partial charge in [0.05, 0.1) is 5.41 Å². The van der Waals surface area contributed by atoms with Crippen molar-refractivity contribution in [3.05, 3.63) is 29.3 Å². The van der Waals surface area contributed by atoms with Crippen molar-refractivity contribution in [3.63, 3.8) is 0 Å². The predicted octanol–water partition coefficient (Wildman–Crippen LogP) is 2.40. The molecule has 1 fully saturated rings. The molecule has 2 rings (SSSR count). The van der Waals surface area contributed by atoms with Crippen molar-refractivity contribution in [2.24, 2.45) is 11.1 Å². The lowest BCUT2D eigenvalue weighted by molar-refractivity contribution is -0.140. The van der Waals surface area contributed by atoms with Crippen molar-refractivity contribution in [3.8, 4) is 0 Å². The van der Waals surface area contributed by atoms with Crippen LogP contribution in [-0.4, -0.2) is 43.5 Å². The van der Waals surface area contributed by atoms with Crippen molar-refractivity contribution in [1.82, 2.24) is 4.90 Å². The highest BCUT2D eigenvalue weighted by Gasteiger charge is 2.32. The molecule has 0 unspecified atom stereocenters. The van der Waals surface area contributed by atoms with Crippen LogP contribution in [0.1, 0.15) is 13.8 Å². The highest BCUT2D eigenvalue weighted by atomic mass is 35.5. The van der Waals surface area contributed by atoms with Gasteiger partial charge < -0.3 is 15.5 Å². The van der Waals surface area contributed by atoms with Gasteiger partial charge in [-0.15, -0.1) is 12.4 Å². The summed E-state index contributed by atoms with van der Waals surface area (Å²) in [6, 6.07) is 7.83. The van der Waals surface area contributed by atoms with Crippen LogP contribution in [0.4, 0.5) is 5.69 Å². The predicted molar refractivity (Wildman–Crippen MR) is 90.3 cm³/mol. The zero-order valence-electron chi connectivity index (χ0n) is 12.5. The largest absolute Gasteiger partial charge is 0.368 e. The fraction of sp³-hybridized carbons (Fsp3) is 0.533. The molecule has 0 saturated carbocycles. The van der Waals surface area contributed by atoms with Crippen LogP contribution in [0.25, 0.3) is 0 Å². The normalized spacial score (nSPS) is 15.6. The second-order valence-corrected chi connectivity index (χ2v) is 6.28. The fourth-order valence-corrected chi connectivity index (χ4v) is 2.54. The minimum Gasteiger partial charge on any atom is -0.368 e. The molecule has 6 heteroatoms. The third-order valence-electron chi connectivity index (χ3n) is 3.83. The first-order valence-electron chi connectivity index (χ1n) is 6.94. The second kappa shape index (κ2) is 7.34. The number of piperazine rings is 1. The minimum absolute atomic E-state index is 0. The maximum Gasteiger partial charge on any atom is 0.229 e. The van der Waals surface area contributed by atoms with Crippen molar-refractivity contribution in [2.75, 3.05) is 37.6 Å². The molecular formula is C15H23Cl2N3O. The molecule has 1 heterocycles. The summed E-state index contributed by atoms with van der Waals surface area (Å²) in [5.74, 6) is 0.144. The van der Waals surface area contributed by atoms with Gasteiger partial charge in [-0.2, -0.15) is 0 Å². The van der Waals surface area contributed by atoms with Crippen LogP contribution in [-0.2, 0) is 4.79 Å². The first kappa shape index (κ1) is 18.1. The quantitative estimate of drug-likeness (QED) is 0.925. The van der Waals surface area contributed by atoms with Crippen LogP contribution in [0.15, 0.2) is 24.3 Å². The number of benzene rings is 1. The number of hydrogen-bond acceptors (Lipinski definition) is 3. The van der Waals surface area contributed by atoms with Gasteiger partial charge in [0.1, 0.15) is 0 Å². The number of carbonyl (C=O) groups is 1. The number of halogens is 2. The van der Waals surface area contributed by atoms with Crippen molar-refractivity contribution in [1.29, 1.82) is 0 Å². The molecule has 1 amide bonds. The molecule has 21 heavy (non-hydrogen) atoms. The molecule has 1 aliphatic heterocycles. The smallest absolute Gasteiger partial charge is 0.229 e. The van der Waals surface area contributed by atoms with Crippen LogP contribution in [0.5, 0.6) is 0 Å². The van der Waals surface area contributed by atoms with Crippen LogP contribution < -0.4 is 10.6 Å². The molecule has 0 radical (unpaired) electrons. The monoisotopic (exact) mass is 331 g/mol. The summed E-state index contributed by atoms with van der Waals surface area (Å²) in [7, 11) is 0. The highest BCUT2D eigenvalue weighted by molar-refractivity contribution is 6.30. The lowest BCUT2D eigenvalue weighted by Gasteiger charge is -2.39. The average Bonchev–Trinajstić information content (AvgIpc) is 2.46. The summed E-state index contributed by atoms with van der Waals surface area (Å²) in [5, 5.41) is 0.741. The van der Waals surface area contributed by atoms with E-state index in [0.29, 0.717) is 6.54 Å². The van der Waals surface area contributed by atoms with E-state index >= 15 is 0 Å². The molecule has 0 bridgehead atoms. The number of carbonyl (C=O) groups excluding carboxylic acids is 1. The van der Waals surface area contributed by atoms with E-state index in [0.717, 1.165) is 36.9 Å². The minimum atomic E-state index is -0.474. The van der Waals surface area contributed by atoms with Gasteiger partial charge in [-0.3, -0.25) is 4.79 Å². The molecule has 0 aromatic heterocycles. The summed E-state index contributed by atoms with van der Waals surface area (Å²) in [6.45, 7) is 7.29. The van der Waals surface area contributed by atoms with E-state index in [1.807, 2.05) is 43.0 Å². The Kier molecular flexibility index (Phi) is 6.32. The Bertz CT molecular complexity index is 486. The van der Waals surface area contributed by atoms with Crippen LogP contribution in [0, 0.1) is 5.41 Å². The summed E-state index contributed by atoms with van der Waals surface area (Å²) in [5.41, 5.74) is 6.32. The average molecular weight is 332 g/mol. The van der Waals surface area contributed by atoms with Crippen molar-refractivity contribution < 1.29 is 4.79 Å². The number of nitrogens with zero attached hydrogens (tertiary/aromatic N) is 2. The number of nitrogens with two attached hydrogens (primary N) is 1. The Balaban J connectivity index is 0.00000220. The van der Waals surface area contributed by atoms with Gasteiger partial charge in [-0.1, -0.05) is 17.7 Å². The first-order chi connectivity index (χ1) is 9.44. The number of anilines is 1. The molecular weight excluding hydrogens is 309 g/mol. The van der Waals surface area contributed by atoms with Crippen LogP contribution in [0.3, 0.4) is 0 Å². The zero-order chi connectivity index (χ0) is 14.8. The molecule has 1 aliphatic rings. The molecule has 0 atom stereocenters. The summed E-state index contributed by atoms with van der Waals surface area (Å²) >= 11 is 6.02. The third-order valence-corrected chi connectivity index (χ3v) is 4.06. The Morgan fingerprint density at radius 3 is 2.43 bits per heavy atom. The van der Waals surface area contributed by atoms with E-state index in [-0.39, 0.29) is 18.3 Å². The lowest BCUT2D eigenvalue weighted by Crippen LogP contribution is -2.53.